The summed E-state index contributed by atoms with van der Waals surface area (Å²) >= 11 is 0. The van der Waals surface area contributed by atoms with E-state index < -0.39 is 5.41 Å². The minimum Gasteiger partial charge on any atom is -0.493 e. The zero-order valence-electron chi connectivity index (χ0n) is 10.6. The third-order valence-electron chi connectivity index (χ3n) is 3.01. The van der Waals surface area contributed by atoms with Crippen LogP contribution in [-0.2, 0) is 11.2 Å². The molecular formula is C14H16N2O2. The standard InChI is InChI=1S/C14H16N2O2/c1-14(2,9-15)13(17)16-11-5-6-12-10(8-11)4-3-7-18-12/h5-6,8H,3-4,7H2,1-2H3,(H,16,17). The number of anilines is 1. The van der Waals surface area contributed by atoms with Crippen molar-refractivity contribution in [2.24, 2.45) is 5.41 Å². The molecule has 0 saturated carbocycles. The Bertz CT molecular complexity index is 515. The molecule has 1 aromatic rings. The van der Waals surface area contributed by atoms with Crippen LogP contribution in [0.3, 0.4) is 0 Å². The summed E-state index contributed by atoms with van der Waals surface area (Å²) in [4.78, 5) is 11.9. The monoisotopic (exact) mass is 244 g/mol. The minimum absolute atomic E-state index is 0.290. The van der Waals surface area contributed by atoms with Gasteiger partial charge in [0.2, 0.25) is 5.91 Å². The van der Waals surface area contributed by atoms with Gasteiger partial charge in [-0.2, -0.15) is 5.26 Å². The van der Waals surface area contributed by atoms with Crippen LogP contribution < -0.4 is 10.1 Å². The first kappa shape index (κ1) is 12.4. The molecule has 0 radical (unpaired) electrons. The number of hydrogen-bond acceptors (Lipinski definition) is 3. The smallest absolute Gasteiger partial charge is 0.244 e. The topological polar surface area (TPSA) is 62.1 Å². The highest BCUT2D eigenvalue weighted by Gasteiger charge is 2.27. The lowest BCUT2D eigenvalue weighted by Crippen LogP contribution is -2.29. The van der Waals surface area contributed by atoms with Crippen molar-refractivity contribution in [3.05, 3.63) is 23.8 Å². The maximum absolute atomic E-state index is 11.9. The lowest BCUT2D eigenvalue weighted by Gasteiger charge is -2.19. The summed E-state index contributed by atoms with van der Waals surface area (Å²) in [5, 5.41) is 11.7. The van der Waals surface area contributed by atoms with E-state index in [-0.39, 0.29) is 5.91 Å². The van der Waals surface area contributed by atoms with Crippen LogP contribution in [-0.4, -0.2) is 12.5 Å². The quantitative estimate of drug-likeness (QED) is 0.869. The van der Waals surface area contributed by atoms with E-state index in [4.69, 9.17) is 10.00 Å². The van der Waals surface area contributed by atoms with E-state index in [9.17, 15) is 4.79 Å². The molecule has 1 aromatic carbocycles. The van der Waals surface area contributed by atoms with Gasteiger partial charge in [0.1, 0.15) is 11.2 Å². The number of nitrogens with zero attached hydrogens (tertiary/aromatic N) is 1. The fraction of sp³-hybridized carbons (Fsp3) is 0.429. The Balaban J connectivity index is 2.16. The fourth-order valence-electron chi connectivity index (χ4n) is 1.78. The summed E-state index contributed by atoms with van der Waals surface area (Å²) in [5.41, 5.74) is 0.799. The van der Waals surface area contributed by atoms with Gasteiger partial charge in [-0.3, -0.25) is 4.79 Å². The molecule has 2 rings (SSSR count). The molecule has 1 aliphatic rings. The van der Waals surface area contributed by atoms with Crippen LogP contribution in [0.25, 0.3) is 0 Å². The number of nitriles is 1. The Morgan fingerprint density at radius 1 is 1.50 bits per heavy atom. The normalized spacial score (nSPS) is 14.1. The SMILES string of the molecule is CC(C)(C#N)C(=O)Nc1ccc2c(c1)CCCO2. The lowest BCUT2D eigenvalue weighted by molar-refractivity contribution is -0.121. The van der Waals surface area contributed by atoms with E-state index in [1.807, 2.05) is 18.2 Å². The molecule has 0 saturated heterocycles. The molecule has 0 spiro atoms. The number of amides is 1. The second-order valence-electron chi connectivity index (χ2n) is 4.97. The molecule has 1 amide bonds. The predicted octanol–water partition coefficient (Wildman–Crippen LogP) is 2.50. The highest BCUT2D eigenvalue weighted by Crippen LogP contribution is 2.28. The Morgan fingerprint density at radius 2 is 2.28 bits per heavy atom. The zero-order chi connectivity index (χ0) is 13.2. The summed E-state index contributed by atoms with van der Waals surface area (Å²) in [6.07, 6.45) is 1.95. The second kappa shape index (κ2) is 4.69. The Labute approximate surface area is 107 Å². The summed E-state index contributed by atoms with van der Waals surface area (Å²) in [7, 11) is 0. The van der Waals surface area contributed by atoms with Crippen molar-refractivity contribution in [2.75, 3.05) is 11.9 Å². The number of rotatable bonds is 2. The van der Waals surface area contributed by atoms with Gasteiger partial charge in [-0.15, -0.1) is 0 Å². The van der Waals surface area contributed by atoms with E-state index in [1.165, 1.54) is 0 Å². The van der Waals surface area contributed by atoms with Gasteiger partial charge in [-0.25, -0.2) is 0 Å². The van der Waals surface area contributed by atoms with Gasteiger partial charge in [-0.1, -0.05) is 0 Å². The van der Waals surface area contributed by atoms with Crippen LogP contribution in [0, 0.1) is 16.7 Å². The lowest BCUT2D eigenvalue weighted by atomic mass is 9.94. The molecule has 1 aliphatic heterocycles. The largest absolute Gasteiger partial charge is 0.493 e. The minimum atomic E-state index is -1.02. The number of ether oxygens (including phenoxy) is 1. The van der Waals surface area contributed by atoms with Crippen LogP contribution in [0.2, 0.25) is 0 Å². The van der Waals surface area contributed by atoms with Crippen molar-refractivity contribution >= 4 is 11.6 Å². The Hall–Kier alpha value is -2.02. The highest BCUT2D eigenvalue weighted by molar-refractivity contribution is 5.96. The molecule has 0 aromatic heterocycles. The van der Waals surface area contributed by atoms with Crippen molar-refractivity contribution in [3.63, 3.8) is 0 Å². The maximum Gasteiger partial charge on any atom is 0.244 e. The Kier molecular flexibility index (Phi) is 3.24. The molecule has 0 bridgehead atoms. The third kappa shape index (κ3) is 2.45. The van der Waals surface area contributed by atoms with E-state index in [2.05, 4.69) is 5.32 Å². The molecule has 4 heteroatoms. The van der Waals surface area contributed by atoms with Gasteiger partial charge >= 0.3 is 0 Å². The highest BCUT2D eigenvalue weighted by atomic mass is 16.5. The van der Waals surface area contributed by atoms with Crippen molar-refractivity contribution in [1.29, 1.82) is 5.26 Å². The Morgan fingerprint density at radius 3 is 3.00 bits per heavy atom. The number of hydrogen-bond donors (Lipinski definition) is 1. The van der Waals surface area contributed by atoms with Crippen molar-refractivity contribution in [2.45, 2.75) is 26.7 Å². The van der Waals surface area contributed by atoms with Gasteiger partial charge < -0.3 is 10.1 Å². The molecule has 0 aliphatic carbocycles. The summed E-state index contributed by atoms with van der Waals surface area (Å²) in [6.45, 7) is 3.95. The average Bonchev–Trinajstić information content (AvgIpc) is 2.38. The van der Waals surface area contributed by atoms with Crippen LogP contribution in [0.5, 0.6) is 5.75 Å². The number of carbonyl (C=O) groups excluding carboxylic acids is 1. The number of benzene rings is 1. The van der Waals surface area contributed by atoms with Gasteiger partial charge in [0.15, 0.2) is 0 Å². The molecular weight excluding hydrogens is 228 g/mol. The molecule has 94 valence electrons. The first-order valence-electron chi connectivity index (χ1n) is 6.01. The van der Waals surface area contributed by atoms with Gasteiger partial charge in [0, 0.05) is 5.69 Å². The zero-order valence-corrected chi connectivity index (χ0v) is 10.6. The molecule has 0 unspecified atom stereocenters. The first-order valence-corrected chi connectivity index (χ1v) is 6.01. The maximum atomic E-state index is 11.9. The molecule has 18 heavy (non-hydrogen) atoms. The number of carbonyl (C=O) groups is 1. The predicted molar refractivity (Wildman–Crippen MR) is 68.3 cm³/mol. The van der Waals surface area contributed by atoms with Crippen molar-refractivity contribution < 1.29 is 9.53 Å². The molecule has 4 nitrogen and oxygen atoms in total. The number of aryl methyl sites for hydroxylation is 1. The van der Waals surface area contributed by atoms with Crippen LogP contribution in [0.4, 0.5) is 5.69 Å². The molecule has 1 N–H and O–H groups in total. The number of fused-ring (bicyclic) bond motifs is 1. The van der Waals surface area contributed by atoms with E-state index in [0.29, 0.717) is 5.69 Å². The van der Waals surface area contributed by atoms with Gasteiger partial charge in [0.25, 0.3) is 0 Å². The fourth-order valence-corrected chi connectivity index (χ4v) is 1.78. The van der Waals surface area contributed by atoms with Gasteiger partial charge in [0.05, 0.1) is 12.7 Å². The van der Waals surface area contributed by atoms with Crippen molar-refractivity contribution in [3.8, 4) is 11.8 Å². The third-order valence-corrected chi connectivity index (χ3v) is 3.01. The second-order valence-corrected chi connectivity index (χ2v) is 4.97. The van der Waals surface area contributed by atoms with Gasteiger partial charge in [-0.05, 0) is 50.5 Å². The molecule has 1 heterocycles. The summed E-state index contributed by atoms with van der Waals surface area (Å²) in [6, 6.07) is 7.57. The van der Waals surface area contributed by atoms with Crippen LogP contribution in [0.15, 0.2) is 18.2 Å². The van der Waals surface area contributed by atoms with Crippen LogP contribution in [0.1, 0.15) is 25.8 Å². The molecule has 0 fully saturated rings. The van der Waals surface area contributed by atoms with Crippen LogP contribution >= 0.6 is 0 Å². The average molecular weight is 244 g/mol. The first-order chi connectivity index (χ1) is 8.53. The van der Waals surface area contributed by atoms with Crippen molar-refractivity contribution in [1.82, 2.24) is 0 Å². The summed E-state index contributed by atoms with van der Waals surface area (Å²) < 4.78 is 5.51. The van der Waals surface area contributed by atoms with E-state index >= 15 is 0 Å². The van der Waals surface area contributed by atoms with E-state index in [1.54, 1.807) is 19.9 Å². The molecule has 0 atom stereocenters. The number of nitrogens with one attached hydrogen (secondary N) is 1. The summed E-state index contributed by atoms with van der Waals surface area (Å²) in [5.74, 6) is 0.598. The van der Waals surface area contributed by atoms with E-state index in [0.717, 1.165) is 30.8 Å².